The van der Waals surface area contributed by atoms with Crippen LogP contribution in [0.1, 0.15) is 44.9 Å². The van der Waals surface area contributed by atoms with Crippen LogP contribution in [-0.4, -0.2) is 51.8 Å². The lowest BCUT2D eigenvalue weighted by Gasteiger charge is -2.54. The maximum atomic E-state index is 12.6. The molecule has 4 saturated carbocycles. The fourth-order valence-electron chi connectivity index (χ4n) is 6.24. The summed E-state index contributed by atoms with van der Waals surface area (Å²) in [5.74, 6) is 4.59. The highest BCUT2D eigenvalue weighted by atomic mass is 16.3. The van der Waals surface area contributed by atoms with Crippen LogP contribution in [0.25, 0.3) is 0 Å². The van der Waals surface area contributed by atoms with Crippen molar-refractivity contribution in [1.29, 1.82) is 0 Å². The Bertz CT molecular complexity index is 575. The van der Waals surface area contributed by atoms with E-state index in [1.807, 2.05) is 15.7 Å². The largest absolute Gasteiger partial charge is 0.395 e. The maximum absolute atomic E-state index is 12.6. The summed E-state index contributed by atoms with van der Waals surface area (Å²) in [6, 6.07) is -0.0292. The molecule has 2 N–H and O–H groups in total. The fraction of sp³-hybridized carbons (Fsp3) is 0.810. The fourth-order valence-corrected chi connectivity index (χ4v) is 6.24. The van der Waals surface area contributed by atoms with Gasteiger partial charge in [0.1, 0.15) is 0 Å². The van der Waals surface area contributed by atoms with Crippen LogP contribution in [0, 0.1) is 29.6 Å². The predicted molar refractivity (Wildman–Crippen MR) is 104 cm³/mol. The van der Waals surface area contributed by atoms with E-state index in [9.17, 15) is 9.90 Å². The van der Waals surface area contributed by atoms with Crippen molar-refractivity contribution in [2.75, 3.05) is 26.2 Å². The molecule has 2 amide bonds. The molecule has 0 atom stereocenters. The molecule has 0 unspecified atom stereocenters. The number of nitrogens with zero attached hydrogens (tertiary/aromatic N) is 3. The van der Waals surface area contributed by atoms with Gasteiger partial charge in [-0.1, -0.05) is 0 Å². The van der Waals surface area contributed by atoms with Crippen LogP contribution < -0.4 is 5.32 Å². The Morgan fingerprint density at radius 1 is 1.15 bits per heavy atom. The van der Waals surface area contributed by atoms with E-state index >= 15 is 0 Å². The molecule has 4 fully saturated rings. The van der Waals surface area contributed by atoms with Gasteiger partial charge in [-0.15, -0.1) is 0 Å². The monoisotopic (exact) mass is 374 g/mol. The van der Waals surface area contributed by atoms with Gasteiger partial charge in [-0.3, -0.25) is 0 Å². The normalized spacial score (nSPS) is 31.2. The van der Waals surface area contributed by atoms with Gasteiger partial charge in [0.25, 0.3) is 0 Å². The number of aryl methyl sites for hydroxylation is 1. The lowest BCUT2D eigenvalue weighted by molar-refractivity contribution is -0.0417. The summed E-state index contributed by atoms with van der Waals surface area (Å²) in [7, 11) is 0. The molecule has 1 aromatic heterocycles. The predicted octanol–water partition coefficient (Wildman–Crippen LogP) is 2.74. The number of carbonyl (C=O) groups excluding carboxylic acids is 1. The maximum Gasteiger partial charge on any atom is 0.317 e. The molecule has 4 aliphatic carbocycles. The van der Waals surface area contributed by atoms with E-state index in [4.69, 9.17) is 0 Å². The molecule has 0 aliphatic heterocycles. The van der Waals surface area contributed by atoms with E-state index in [1.165, 1.54) is 32.1 Å². The van der Waals surface area contributed by atoms with Crippen molar-refractivity contribution in [3.05, 3.63) is 18.7 Å². The van der Waals surface area contributed by atoms with Gasteiger partial charge in [-0.05, 0) is 74.5 Å². The number of imidazole rings is 1. The van der Waals surface area contributed by atoms with Crippen LogP contribution in [-0.2, 0) is 6.54 Å². The number of amides is 2. The van der Waals surface area contributed by atoms with Gasteiger partial charge in [0.05, 0.1) is 12.9 Å². The summed E-state index contributed by atoms with van der Waals surface area (Å²) in [6.45, 7) is 2.75. The Labute approximate surface area is 162 Å². The van der Waals surface area contributed by atoms with E-state index in [2.05, 4.69) is 10.3 Å². The first-order valence-corrected chi connectivity index (χ1v) is 10.8. The second-order valence-corrected chi connectivity index (χ2v) is 8.98. The van der Waals surface area contributed by atoms with E-state index in [0.29, 0.717) is 13.1 Å². The van der Waals surface area contributed by atoms with Crippen LogP contribution in [0.4, 0.5) is 4.79 Å². The number of aliphatic hydroxyl groups is 1. The van der Waals surface area contributed by atoms with Crippen molar-refractivity contribution in [3.8, 4) is 0 Å². The molecule has 27 heavy (non-hydrogen) atoms. The van der Waals surface area contributed by atoms with Gasteiger partial charge in [-0.2, -0.15) is 0 Å². The number of hydrogen-bond donors (Lipinski definition) is 2. The van der Waals surface area contributed by atoms with E-state index in [0.717, 1.165) is 55.5 Å². The highest BCUT2D eigenvalue weighted by Gasteiger charge is 2.47. The second-order valence-electron chi connectivity index (χ2n) is 8.98. The van der Waals surface area contributed by atoms with Crippen LogP contribution >= 0.6 is 0 Å². The number of rotatable bonds is 9. The van der Waals surface area contributed by atoms with E-state index in [-0.39, 0.29) is 12.6 Å². The zero-order valence-electron chi connectivity index (χ0n) is 16.3. The Morgan fingerprint density at radius 3 is 2.52 bits per heavy atom. The standard InChI is InChI=1S/C21H34N4O2/c26-9-8-25(21(27)23-3-1-5-24-7-4-22-15-24)6-2-20-18-11-16-10-17(13-18)14-19(20)12-16/h4,7,15-20,26H,1-3,5-6,8-14H2,(H,23,27). The number of aliphatic hydroxyl groups excluding tert-OH is 1. The summed E-state index contributed by atoms with van der Waals surface area (Å²) >= 11 is 0. The van der Waals surface area contributed by atoms with Crippen molar-refractivity contribution in [1.82, 2.24) is 19.8 Å². The van der Waals surface area contributed by atoms with Crippen LogP contribution in [0.5, 0.6) is 0 Å². The molecular formula is C21H34N4O2. The minimum absolute atomic E-state index is 0.0292. The number of urea groups is 1. The summed E-state index contributed by atoms with van der Waals surface area (Å²) in [5.41, 5.74) is 0. The zero-order valence-corrected chi connectivity index (χ0v) is 16.3. The summed E-state index contributed by atoms with van der Waals surface area (Å²) in [6.07, 6.45) is 14.7. The molecular weight excluding hydrogens is 340 g/mol. The quantitative estimate of drug-likeness (QED) is 0.653. The lowest BCUT2D eigenvalue weighted by Crippen LogP contribution is -2.47. The first-order valence-electron chi connectivity index (χ1n) is 10.8. The molecule has 1 aromatic rings. The molecule has 4 bridgehead atoms. The molecule has 6 nitrogen and oxygen atoms in total. The average molecular weight is 375 g/mol. The van der Waals surface area contributed by atoms with Crippen molar-refractivity contribution in [2.24, 2.45) is 29.6 Å². The number of hydrogen-bond acceptors (Lipinski definition) is 3. The van der Waals surface area contributed by atoms with Gasteiger partial charge >= 0.3 is 6.03 Å². The van der Waals surface area contributed by atoms with Crippen molar-refractivity contribution in [3.63, 3.8) is 0 Å². The number of carbonyl (C=O) groups is 1. The first kappa shape index (κ1) is 18.8. The zero-order chi connectivity index (χ0) is 18.6. The third kappa shape index (κ3) is 4.48. The SMILES string of the molecule is O=C(NCCCn1ccnc1)N(CCO)CCC1C2CC3CC(C2)CC1C3. The third-order valence-corrected chi connectivity index (χ3v) is 7.24. The highest BCUT2D eigenvalue weighted by Crippen LogP contribution is 2.57. The summed E-state index contributed by atoms with van der Waals surface area (Å²) in [5, 5.41) is 12.4. The Hall–Kier alpha value is -1.56. The minimum Gasteiger partial charge on any atom is -0.395 e. The molecule has 0 radical (unpaired) electrons. The molecule has 4 aliphatic rings. The van der Waals surface area contributed by atoms with Gasteiger partial charge in [0, 0.05) is 38.6 Å². The number of nitrogens with one attached hydrogen (secondary N) is 1. The van der Waals surface area contributed by atoms with Gasteiger partial charge in [0.15, 0.2) is 0 Å². The first-order chi connectivity index (χ1) is 13.2. The van der Waals surface area contributed by atoms with Crippen LogP contribution in [0.15, 0.2) is 18.7 Å². The van der Waals surface area contributed by atoms with Crippen molar-refractivity contribution >= 4 is 6.03 Å². The number of aromatic nitrogens is 2. The molecule has 1 heterocycles. The smallest absolute Gasteiger partial charge is 0.317 e. The Balaban J connectivity index is 1.22. The topological polar surface area (TPSA) is 70.4 Å². The molecule has 6 heteroatoms. The van der Waals surface area contributed by atoms with E-state index in [1.54, 1.807) is 12.5 Å². The molecule has 0 saturated heterocycles. The lowest BCUT2D eigenvalue weighted by atomic mass is 9.51. The summed E-state index contributed by atoms with van der Waals surface area (Å²) in [4.78, 5) is 18.4. The van der Waals surface area contributed by atoms with Crippen molar-refractivity contribution in [2.45, 2.75) is 51.5 Å². The van der Waals surface area contributed by atoms with Crippen LogP contribution in [0.2, 0.25) is 0 Å². The van der Waals surface area contributed by atoms with Gasteiger partial charge < -0.3 is 19.9 Å². The van der Waals surface area contributed by atoms with Crippen LogP contribution in [0.3, 0.4) is 0 Å². The Morgan fingerprint density at radius 2 is 1.89 bits per heavy atom. The van der Waals surface area contributed by atoms with Gasteiger partial charge in [-0.25, -0.2) is 9.78 Å². The second kappa shape index (κ2) is 8.63. The Kier molecular flexibility index (Phi) is 6.01. The summed E-state index contributed by atoms with van der Waals surface area (Å²) < 4.78 is 2.02. The third-order valence-electron chi connectivity index (χ3n) is 7.24. The molecule has 0 aromatic carbocycles. The minimum atomic E-state index is -0.0292. The van der Waals surface area contributed by atoms with Gasteiger partial charge in [0.2, 0.25) is 0 Å². The molecule has 150 valence electrons. The van der Waals surface area contributed by atoms with Crippen molar-refractivity contribution < 1.29 is 9.90 Å². The highest BCUT2D eigenvalue weighted by molar-refractivity contribution is 5.74. The average Bonchev–Trinajstić information content (AvgIpc) is 3.16. The molecule has 0 spiro atoms. The van der Waals surface area contributed by atoms with E-state index < -0.39 is 0 Å². The molecule has 5 rings (SSSR count).